The average molecular weight is 543 g/mol. The zero-order valence-corrected chi connectivity index (χ0v) is 22.9. The van der Waals surface area contributed by atoms with Gasteiger partial charge in [0.2, 0.25) is 0 Å². The Morgan fingerprint density at radius 2 is 1.73 bits per heavy atom. The summed E-state index contributed by atoms with van der Waals surface area (Å²) in [4.78, 5) is 33.9. The van der Waals surface area contributed by atoms with Crippen molar-refractivity contribution in [3.8, 4) is 0 Å². The SMILES string of the molecule is COC(=O)C1C(C)=NC(C)=C(C(=O)OC(CN2CCCCC2)c2ccccc2)C1c1cccc(Cl)c1Cl. The molecule has 0 radical (unpaired) electrons. The van der Waals surface area contributed by atoms with Gasteiger partial charge < -0.3 is 9.47 Å². The minimum Gasteiger partial charge on any atom is -0.468 e. The molecule has 2 aliphatic heterocycles. The highest BCUT2D eigenvalue weighted by Crippen LogP contribution is 2.44. The van der Waals surface area contributed by atoms with Gasteiger partial charge in [0.05, 0.1) is 22.7 Å². The number of esters is 2. The maximum Gasteiger partial charge on any atom is 0.337 e. The molecule has 196 valence electrons. The van der Waals surface area contributed by atoms with Gasteiger partial charge in [-0.05, 0) is 57.0 Å². The first-order chi connectivity index (χ1) is 17.8. The number of rotatable bonds is 7. The lowest BCUT2D eigenvalue weighted by atomic mass is 9.75. The molecule has 4 rings (SSSR count). The van der Waals surface area contributed by atoms with Crippen LogP contribution in [-0.2, 0) is 19.1 Å². The van der Waals surface area contributed by atoms with Crippen LogP contribution in [0, 0.1) is 5.92 Å². The van der Waals surface area contributed by atoms with E-state index in [4.69, 9.17) is 32.7 Å². The number of aliphatic imine (C=N–C) groups is 1. The molecular formula is C29H32Cl2N2O4. The normalized spacial score (nSPS) is 21.3. The quantitative estimate of drug-likeness (QED) is 0.379. The predicted octanol–water partition coefficient (Wildman–Crippen LogP) is 6.39. The van der Waals surface area contributed by atoms with E-state index in [0.29, 0.717) is 28.5 Å². The van der Waals surface area contributed by atoms with Crippen molar-refractivity contribution in [1.82, 2.24) is 4.90 Å². The number of carbonyl (C=O) groups excluding carboxylic acids is 2. The molecule has 0 N–H and O–H groups in total. The number of ether oxygens (including phenoxy) is 2. The van der Waals surface area contributed by atoms with Gasteiger partial charge in [-0.1, -0.05) is 72.1 Å². The van der Waals surface area contributed by atoms with Crippen molar-refractivity contribution in [1.29, 1.82) is 0 Å². The summed E-state index contributed by atoms with van der Waals surface area (Å²) in [5.41, 5.74) is 2.77. The molecule has 2 aromatic carbocycles. The summed E-state index contributed by atoms with van der Waals surface area (Å²) in [6.45, 7) is 6.03. The molecule has 0 aliphatic carbocycles. The molecular weight excluding hydrogens is 511 g/mol. The van der Waals surface area contributed by atoms with E-state index in [0.717, 1.165) is 31.5 Å². The van der Waals surface area contributed by atoms with Crippen LogP contribution in [0.5, 0.6) is 0 Å². The molecule has 0 spiro atoms. The fourth-order valence-electron chi connectivity index (χ4n) is 5.28. The van der Waals surface area contributed by atoms with E-state index in [-0.39, 0.29) is 10.6 Å². The van der Waals surface area contributed by atoms with Crippen molar-refractivity contribution in [2.24, 2.45) is 10.9 Å². The highest BCUT2D eigenvalue weighted by atomic mass is 35.5. The highest BCUT2D eigenvalue weighted by Gasteiger charge is 2.43. The summed E-state index contributed by atoms with van der Waals surface area (Å²) in [5, 5.41) is 0.615. The van der Waals surface area contributed by atoms with E-state index in [1.54, 1.807) is 32.0 Å². The Bertz CT molecular complexity index is 1210. The van der Waals surface area contributed by atoms with E-state index >= 15 is 0 Å². The number of hydrogen-bond acceptors (Lipinski definition) is 6. The topological polar surface area (TPSA) is 68.2 Å². The van der Waals surface area contributed by atoms with Gasteiger partial charge in [0.25, 0.3) is 0 Å². The predicted molar refractivity (Wildman–Crippen MR) is 146 cm³/mol. The number of halogens is 2. The van der Waals surface area contributed by atoms with E-state index < -0.39 is 29.9 Å². The summed E-state index contributed by atoms with van der Waals surface area (Å²) in [7, 11) is 1.32. The summed E-state index contributed by atoms with van der Waals surface area (Å²) < 4.78 is 11.4. The van der Waals surface area contributed by atoms with Crippen LogP contribution >= 0.6 is 23.2 Å². The highest BCUT2D eigenvalue weighted by molar-refractivity contribution is 6.42. The Hall–Kier alpha value is -2.67. The van der Waals surface area contributed by atoms with Gasteiger partial charge >= 0.3 is 11.9 Å². The number of benzene rings is 2. The van der Waals surface area contributed by atoms with Crippen molar-refractivity contribution in [3.05, 3.63) is 81.0 Å². The van der Waals surface area contributed by atoms with Gasteiger partial charge in [-0.25, -0.2) is 4.79 Å². The minimum atomic E-state index is -0.843. The molecule has 0 aromatic heterocycles. The van der Waals surface area contributed by atoms with E-state index in [9.17, 15) is 9.59 Å². The first kappa shape index (κ1) is 27.4. The smallest absolute Gasteiger partial charge is 0.337 e. The molecule has 1 fully saturated rings. The Balaban J connectivity index is 1.74. The molecule has 0 saturated carbocycles. The van der Waals surface area contributed by atoms with Crippen molar-refractivity contribution in [2.75, 3.05) is 26.7 Å². The summed E-state index contributed by atoms with van der Waals surface area (Å²) >= 11 is 13.0. The minimum absolute atomic E-state index is 0.281. The van der Waals surface area contributed by atoms with Crippen LogP contribution < -0.4 is 0 Å². The molecule has 37 heavy (non-hydrogen) atoms. The zero-order valence-electron chi connectivity index (χ0n) is 21.4. The largest absolute Gasteiger partial charge is 0.468 e. The van der Waals surface area contributed by atoms with Gasteiger partial charge in [-0.3, -0.25) is 14.7 Å². The summed E-state index contributed by atoms with van der Waals surface area (Å²) in [6, 6.07) is 14.9. The van der Waals surface area contributed by atoms with Crippen LogP contribution in [0.2, 0.25) is 10.0 Å². The van der Waals surface area contributed by atoms with Crippen molar-refractivity contribution < 1.29 is 19.1 Å². The third-order valence-corrected chi connectivity index (χ3v) is 7.95. The first-order valence-corrected chi connectivity index (χ1v) is 13.3. The number of methoxy groups -OCH3 is 1. The standard InChI is InChI=1S/C29H32Cl2N2O4/c1-18-24(28(34)36-3)26(21-13-10-14-22(30)27(21)31)25(19(2)32-18)29(35)37-23(20-11-6-4-7-12-20)17-33-15-8-5-9-16-33/h4,6-7,10-14,23-24,26H,5,8-9,15-17H2,1-3H3. The number of hydrogen-bond donors (Lipinski definition) is 0. The Morgan fingerprint density at radius 3 is 2.41 bits per heavy atom. The summed E-state index contributed by atoms with van der Waals surface area (Å²) in [6.07, 6.45) is 2.99. The molecule has 2 aromatic rings. The Labute approximate surface area is 228 Å². The fraction of sp³-hybridized carbons (Fsp3) is 0.414. The lowest BCUT2D eigenvalue weighted by molar-refractivity contribution is -0.147. The third-order valence-electron chi connectivity index (χ3n) is 7.11. The number of allylic oxidation sites excluding steroid dienone is 1. The molecule has 2 heterocycles. The molecule has 3 atom stereocenters. The van der Waals surface area contributed by atoms with Crippen molar-refractivity contribution in [3.63, 3.8) is 0 Å². The van der Waals surface area contributed by atoms with Crippen LogP contribution in [0.3, 0.4) is 0 Å². The maximum atomic E-state index is 14.0. The number of nitrogens with zero attached hydrogens (tertiary/aromatic N) is 2. The van der Waals surface area contributed by atoms with Crippen LogP contribution in [0.4, 0.5) is 0 Å². The lowest BCUT2D eigenvalue weighted by Crippen LogP contribution is -2.38. The maximum absolute atomic E-state index is 14.0. The van der Waals surface area contributed by atoms with Crippen molar-refractivity contribution in [2.45, 2.75) is 45.1 Å². The van der Waals surface area contributed by atoms with Crippen molar-refractivity contribution >= 4 is 40.9 Å². The van der Waals surface area contributed by atoms with E-state index in [1.165, 1.54) is 13.5 Å². The van der Waals surface area contributed by atoms with Crippen LogP contribution in [0.15, 0.2) is 64.8 Å². The fourth-order valence-corrected chi connectivity index (χ4v) is 5.70. The van der Waals surface area contributed by atoms with Gasteiger partial charge in [-0.15, -0.1) is 0 Å². The molecule has 3 unspecified atom stereocenters. The third kappa shape index (κ3) is 6.08. The zero-order chi connectivity index (χ0) is 26.5. The molecule has 6 nitrogen and oxygen atoms in total. The summed E-state index contributed by atoms with van der Waals surface area (Å²) in [5.74, 6) is -2.64. The number of carbonyl (C=O) groups is 2. The second kappa shape index (κ2) is 12.2. The average Bonchev–Trinajstić information content (AvgIpc) is 2.90. The number of likely N-dealkylation sites (tertiary alicyclic amines) is 1. The molecule has 0 bridgehead atoms. The molecule has 0 amide bonds. The van der Waals surface area contributed by atoms with Crippen LogP contribution in [-0.4, -0.2) is 49.3 Å². The molecule has 2 aliphatic rings. The lowest BCUT2D eigenvalue weighted by Gasteiger charge is -2.34. The Kier molecular flexibility index (Phi) is 9.06. The van der Waals surface area contributed by atoms with E-state index in [2.05, 4.69) is 9.89 Å². The second-order valence-corrected chi connectivity index (χ2v) is 10.3. The van der Waals surface area contributed by atoms with Gasteiger partial charge in [0.15, 0.2) is 0 Å². The first-order valence-electron chi connectivity index (χ1n) is 12.6. The van der Waals surface area contributed by atoms with E-state index in [1.807, 2.05) is 30.3 Å². The van der Waals surface area contributed by atoms with Gasteiger partial charge in [-0.2, -0.15) is 0 Å². The van der Waals surface area contributed by atoms with Crippen LogP contribution in [0.1, 0.15) is 56.3 Å². The monoisotopic (exact) mass is 542 g/mol. The molecule has 1 saturated heterocycles. The molecule has 8 heteroatoms. The number of piperidine rings is 1. The van der Waals surface area contributed by atoms with Crippen LogP contribution in [0.25, 0.3) is 0 Å². The second-order valence-electron chi connectivity index (χ2n) is 9.54. The van der Waals surface area contributed by atoms with Gasteiger partial charge in [0.1, 0.15) is 12.0 Å². The van der Waals surface area contributed by atoms with Gasteiger partial charge in [0, 0.05) is 23.9 Å². The Morgan fingerprint density at radius 1 is 1.03 bits per heavy atom.